The summed E-state index contributed by atoms with van der Waals surface area (Å²) in [5, 5.41) is 8.04. The summed E-state index contributed by atoms with van der Waals surface area (Å²) in [5.41, 5.74) is 2.98. The zero-order valence-corrected chi connectivity index (χ0v) is 15.0. The quantitative estimate of drug-likeness (QED) is 0.680. The van der Waals surface area contributed by atoms with Gasteiger partial charge in [0.15, 0.2) is 0 Å². The van der Waals surface area contributed by atoms with Gasteiger partial charge in [-0.25, -0.2) is 4.68 Å². The first-order valence-electron chi connectivity index (χ1n) is 8.10. The van der Waals surface area contributed by atoms with E-state index in [9.17, 15) is 13.2 Å². The fourth-order valence-corrected chi connectivity index (χ4v) is 2.51. The SMILES string of the molecule is Cc1ccc(-n2cc(-c3ccc(CN(C)C)cn3)nn2)cc1OC(F)(F)F. The van der Waals surface area contributed by atoms with Crippen molar-refractivity contribution in [1.29, 1.82) is 0 Å². The highest BCUT2D eigenvalue weighted by Gasteiger charge is 2.31. The fraction of sp³-hybridized carbons (Fsp3) is 0.278. The van der Waals surface area contributed by atoms with Crippen LogP contribution in [0.5, 0.6) is 5.75 Å². The molecule has 0 bridgehead atoms. The maximum Gasteiger partial charge on any atom is 0.573 e. The molecule has 2 heterocycles. The van der Waals surface area contributed by atoms with Crippen LogP contribution in [-0.4, -0.2) is 45.3 Å². The lowest BCUT2D eigenvalue weighted by atomic mass is 10.2. The van der Waals surface area contributed by atoms with Gasteiger partial charge < -0.3 is 9.64 Å². The Morgan fingerprint density at radius 2 is 1.89 bits per heavy atom. The summed E-state index contributed by atoms with van der Waals surface area (Å²) < 4.78 is 43.0. The molecular weight excluding hydrogens is 359 g/mol. The van der Waals surface area contributed by atoms with E-state index in [0.29, 0.717) is 22.6 Å². The molecular formula is C18H18F3N5O. The second-order valence-electron chi connectivity index (χ2n) is 6.34. The molecule has 9 heteroatoms. The van der Waals surface area contributed by atoms with Crippen LogP contribution in [0.15, 0.2) is 42.7 Å². The molecule has 0 amide bonds. The summed E-state index contributed by atoms with van der Waals surface area (Å²) in [5.74, 6) is -0.275. The van der Waals surface area contributed by atoms with Crippen molar-refractivity contribution in [2.75, 3.05) is 14.1 Å². The molecule has 0 aliphatic heterocycles. The van der Waals surface area contributed by atoms with E-state index in [4.69, 9.17) is 0 Å². The Balaban J connectivity index is 1.84. The highest BCUT2D eigenvalue weighted by molar-refractivity contribution is 5.53. The maximum absolute atomic E-state index is 12.5. The van der Waals surface area contributed by atoms with Gasteiger partial charge in [0.25, 0.3) is 0 Å². The van der Waals surface area contributed by atoms with Gasteiger partial charge in [0.2, 0.25) is 0 Å². The summed E-state index contributed by atoms with van der Waals surface area (Å²) in [4.78, 5) is 6.41. The van der Waals surface area contributed by atoms with Crippen molar-refractivity contribution in [3.8, 4) is 22.8 Å². The predicted molar refractivity (Wildman–Crippen MR) is 93.4 cm³/mol. The van der Waals surface area contributed by atoms with Crippen LogP contribution < -0.4 is 4.74 Å². The number of aromatic nitrogens is 4. The molecule has 2 aromatic heterocycles. The fourth-order valence-electron chi connectivity index (χ4n) is 2.51. The molecule has 0 spiro atoms. The smallest absolute Gasteiger partial charge is 0.405 e. The lowest BCUT2D eigenvalue weighted by Gasteiger charge is -2.12. The number of halogens is 3. The lowest BCUT2D eigenvalue weighted by molar-refractivity contribution is -0.274. The number of pyridine rings is 1. The Labute approximate surface area is 154 Å². The molecule has 0 fully saturated rings. The molecule has 3 aromatic rings. The number of aryl methyl sites for hydroxylation is 1. The topological polar surface area (TPSA) is 56.1 Å². The van der Waals surface area contributed by atoms with Crippen molar-refractivity contribution in [1.82, 2.24) is 24.9 Å². The molecule has 27 heavy (non-hydrogen) atoms. The first-order chi connectivity index (χ1) is 12.7. The Hall–Kier alpha value is -2.94. The summed E-state index contributed by atoms with van der Waals surface area (Å²) in [6, 6.07) is 8.23. The van der Waals surface area contributed by atoms with Crippen molar-refractivity contribution in [2.45, 2.75) is 19.8 Å². The van der Waals surface area contributed by atoms with Gasteiger partial charge in [0.1, 0.15) is 11.4 Å². The van der Waals surface area contributed by atoms with Crippen LogP contribution in [-0.2, 0) is 6.54 Å². The largest absolute Gasteiger partial charge is 0.573 e. The molecule has 0 aliphatic carbocycles. The van der Waals surface area contributed by atoms with Crippen LogP contribution in [0, 0.1) is 6.92 Å². The highest BCUT2D eigenvalue weighted by Crippen LogP contribution is 2.28. The Kier molecular flexibility index (Phi) is 5.13. The normalized spacial score (nSPS) is 11.8. The van der Waals surface area contributed by atoms with Crippen molar-refractivity contribution < 1.29 is 17.9 Å². The summed E-state index contributed by atoms with van der Waals surface area (Å²) >= 11 is 0. The van der Waals surface area contributed by atoms with Crippen molar-refractivity contribution in [2.24, 2.45) is 0 Å². The molecule has 0 saturated heterocycles. The Bertz CT molecular complexity index is 919. The third-order valence-corrected chi connectivity index (χ3v) is 3.74. The Morgan fingerprint density at radius 3 is 2.52 bits per heavy atom. The van der Waals surface area contributed by atoms with Crippen LogP contribution in [0.4, 0.5) is 13.2 Å². The van der Waals surface area contributed by atoms with Crippen LogP contribution in [0.25, 0.3) is 17.1 Å². The molecule has 0 N–H and O–H groups in total. The maximum atomic E-state index is 12.5. The standard InChI is InChI=1S/C18H18F3N5O/c1-12-4-6-14(8-17(12)27-18(19,20)21)26-11-16(23-24-26)15-7-5-13(9-22-15)10-25(2)3/h4-9,11H,10H2,1-3H3. The third kappa shape index (κ3) is 4.82. The van der Waals surface area contributed by atoms with Gasteiger partial charge >= 0.3 is 6.36 Å². The molecule has 6 nitrogen and oxygen atoms in total. The van der Waals surface area contributed by atoms with Crippen molar-refractivity contribution in [3.63, 3.8) is 0 Å². The Morgan fingerprint density at radius 1 is 1.11 bits per heavy atom. The minimum atomic E-state index is -4.75. The summed E-state index contributed by atoms with van der Waals surface area (Å²) in [6.45, 7) is 2.31. The molecule has 3 rings (SSSR count). The van der Waals surface area contributed by atoms with E-state index in [1.54, 1.807) is 18.5 Å². The number of hydrogen-bond acceptors (Lipinski definition) is 5. The van der Waals surface area contributed by atoms with Crippen molar-refractivity contribution in [3.05, 3.63) is 53.9 Å². The zero-order valence-electron chi connectivity index (χ0n) is 15.0. The molecule has 0 unspecified atom stereocenters. The van der Waals surface area contributed by atoms with Gasteiger partial charge in [-0.05, 0) is 44.3 Å². The lowest BCUT2D eigenvalue weighted by Crippen LogP contribution is -2.18. The van der Waals surface area contributed by atoms with Gasteiger partial charge in [-0.2, -0.15) is 0 Å². The van der Waals surface area contributed by atoms with Crippen LogP contribution >= 0.6 is 0 Å². The number of rotatable bonds is 5. The summed E-state index contributed by atoms with van der Waals surface area (Å²) in [7, 11) is 3.94. The first kappa shape index (κ1) is 18.8. The van der Waals surface area contributed by atoms with E-state index < -0.39 is 6.36 Å². The number of nitrogens with zero attached hydrogens (tertiary/aromatic N) is 5. The van der Waals surface area contributed by atoms with E-state index in [0.717, 1.165) is 12.1 Å². The number of alkyl halides is 3. The number of hydrogen-bond donors (Lipinski definition) is 0. The zero-order chi connectivity index (χ0) is 19.6. The van der Waals surface area contributed by atoms with Crippen LogP contribution in [0.3, 0.4) is 0 Å². The average Bonchev–Trinajstić information content (AvgIpc) is 3.06. The second-order valence-corrected chi connectivity index (χ2v) is 6.34. The van der Waals surface area contributed by atoms with E-state index in [1.165, 1.54) is 23.7 Å². The minimum absolute atomic E-state index is 0.275. The van der Waals surface area contributed by atoms with Gasteiger partial charge in [0, 0.05) is 18.8 Å². The van der Waals surface area contributed by atoms with E-state index >= 15 is 0 Å². The van der Waals surface area contributed by atoms with Gasteiger partial charge in [-0.15, -0.1) is 18.3 Å². The highest BCUT2D eigenvalue weighted by atomic mass is 19.4. The second kappa shape index (κ2) is 7.36. The van der Waals surface area contributed by atoms with E-state index in [-0.39, 0.29) is 5.75 Å². The first-order valence-corrected chi connectivity index (χ1v) is 8.10. The van der Waals surface area contributed by atoms with E-state index in [1.807, 2.05) is 31.1 Å². The molecule has 0 saturated carbocycles. The third-order valence-electron chi connectivity index (χ3n) is 3.74. The molecule has 0 atom stereocenters. The van der Waals surface area contributed by atoms with Crippen LogP contribution in [0.2, 0.25) is 0 Å². The summed E-state index contributed by atoms with van der Waals surface area (Å²) in [6.07, 6.45) is -1.39. The molecule has 0 aliphatic rings. The minimum Gasteiger partial charge on any atom is -0.405 e. The van der Waals surface area contributed by atoms with E-state index in [2.05, 4.69) is 20.0 Å². The molecule has 1 aromatic carbocycles. The number of ether oxygens (including phenoxy) is 1. The number of benzene rings is 1. The van der Waals surface area contributed by atoms with Crippen molar-refractivity contribution >= 4 is 0 Å². The average molecular weight is 377 g/mol. The molecule has 142 valence electrons. The van der Waals surface area contributed by atoms with Crippen LogP contribution in [0.1, 0.15) is 11.1 Å². The van der Waals surface area contributed by atoms with Gasteiger partial charge in [0.05, 0.1) is 17.6 Å². The monoisotopic (exact) mass is 377 g/mol. The van der Waals surface area contributed by atoms with Gasteiger partial charge in [-0.3, -0.25) is 4.98 Å². The predicted octanol–water partition coefficient (Wildman–Crippen LogP) is 3.60. The van der Waals surface area contributed by atoms with Gasteiger partial charge in [-0.1, -0.05) is 17.3 Å². The molecule has 0 radical (unpaired) electrons.